The van der Waals surface area contributed by atoms with Crippen molar-refractivity contribution in [2.45, 2.75) is 0 Å². The van der Waals surface area contributed by atoms with Crippen LogP contribution in [0.3, 0.4) is 0 Å². The van der Waals surface area contributed by atoms with Crippen molar-refractivity contribution in [2.75, 3.05) is 0 Å². The largest absolute Gasteiger partial charge is 0.255 e. The molecule has 0 bridgehead atoms. The first kappa shape index (κ1) is 28.8. The van der Waals surface area contributed by atoms with Gasteiger partial charge in [0.15, 0.2) is 0 Å². The minimum atomic E-state index is 0.795. The highest BCUT2D eigenvalue weighted by atomic mass is 14.8. The van der Waals surface area contributed by atoms with Gasteiger partial charge >= 0.3 is 0 Å². The predicted molar refractivity (Wildman–Crippen MR) is 191 cm³/mol. The molecule has 2 aromatic carbocycles. The van der Waals surface area contributed by atoms with E-state index in [0.29, 0.717) is 0 Å². The van der Waals surface area contributed by atoms with Crippen LogP contribution in [0.2, 0.25) is 0 Å². The van der Waals surface area contributed by atoms with E-state index >= 15 is 0 Å². The van der Waals surface area contributed by atoms with Crippen LogP contribution in [0.4, 0.5) is 0 Å². The van der Waals surface area contributed by atoms with Crippen molar-refractivity contribution in [3.63, 3.8) is 0 Å². The van der Waals surface area contributed by atoms with Crippen LogP contribution < -0.4 is 0 Å². The molecule has 0 aliphatic heterocycles. The van der Waals surface area contributed by atoms with Gasteiger partial charge in [-0.05, 0) is 106 Å². The van der Waals surface area contributed by atoms with Crippen LogP contribution in [0.5, 0.6) is 0 Å². The van der Waals surface area contributed by atoms with Gasteiger partial charge in [-0.1, -0.05) is 72.8 Å². The van der Waals surface area contributed by atoms with Crippen LogP contribution in [0, 0.1) is 0 Å². The molecule has 48 heavy (non-hydrogen) atoms. The molecule has 8 aromatic rings. The molecule has 226 valence electrons. The molecule has 0 amide bonds. The first-order valence-electron chi connectivity index (χ1n) is 15.7. The number of rotatable bonds is 7. The maximum Gasteiger partial charge on any atom is 0.0900 e. The number of nitrogens with zero attached hydrogens (tertiary/aromatic N) is 6. The summed E-state index contributed by atoms with van der Waals surface area (Å²) < 4.78 is 0. The molecule has 0 aliphatic carbocycles. The fraction of sp³-hybridized carbons (Fsp3) is 0. The van der Waals surface area contributed by atoms with E-state index in [1.807, 2.05) is 72.8 Å². The third-order valence-corrected chi connectivity index (χ3v) is 8.13. The Morgan fingerprint density at radius 2 is 0.583 bits per heavy atom. The van der Waals surface area contributed by atoms with Crippen LogP contribution in [-0.2, 0) is 0 Å². The van der Waals surface area contributed by atoms with Crippen molar-refractivity contribution in [1.82, 2.24) is 29.9 Å². The summed E-state index contributed by atoms with van der Waals surface area (Å²) in [5, 5.41) is 0. The van der Waals surface area contributed by atoms with E-state index in [9.17, 15) is 0 Å². The monoisotopic (exact) mass is 616 g/mol. The normalized spacial score (nSPS) is 10.9. The lowest BCUT2D eigenvalue weighted by atomic mass is 9.92. The average Bonchev–Trinajstić information content (AvgIpc) is 3.19. The first-order valence-corrected chi connectivity index (χ1v) is 15.7. The van der Waals surface area contributed by atoms with Crippen LogP contribution in [0.25, 0.3) is 78.9 Å². The van der Waals surface area contributed by atoms with E-state index in [1.54, 1.807) is 24.8 Å². The minimum Gasteiger partial charge on any atom is -0.255 e. The van der Waals surface area contributed by atoms with Gasteiger partial charge in [-0.25, -0.2) is 9.97 Å². The highest BCUT2D eigenvalue weighted by molar-refractivity contribution is 5.87. The van der Waals surface area contributed by atoms with E-state index in [-0.39, 0.29) is 0 Å². The van der Waals surface area contributed by atoms with Gasteiger partial charge in [0.05, 0.1) is 45.6 Å². The van der Waals surface area contributed by atoms with E-state index in [0.717, 1.165) is 78.9 Å². The molecule has 0 fully saturated rings. The molecule has 6 heterocycles. The molecule has 0 spiro atoms. The number of aromatic nitrogens is 6. The van der Waals surface area contributed by atoms with Gasteiger partial charge in [0.25, 0.3) is 0 Å². The van der Waals surface area contributed by atoms with E-state index < -0.39 is 0 Å². The Morgan fingerprint density at radius 3 is 0.958 bits per heavy atom. The van der Waals surface area contributed by atoms with Crippen LogP contribution in [0.15, 0.2) is 170 Å². The molecule has 0 atom stereocenters. The fourth-order valence-electron chi connectivity index (χ4n) is 5.79. The van der Waals surface area contributed by atoms with E-state index in [1.165, 1.54) is 0 Å². The van der Waals surface area contributed by atoms with Gasteiger partial charge in [-0.2, -0.15) is 0 Å². The van der Waals surface area contributed by atoms with E-state index in [2.05, 4.69) is 92.7 Å². The van der Waals surface area contributed by atoms with Crippen molar-refractivity contribution in [3.8, 4) is 78.9 Å². The van der Waals surface area contributed by atoms with Crippen molar-refractivity contribution >= 4 is 0 Å². The zero-order valence-corrected chi connectivity index (χ0v) is 25.8. The molecule has 0 saturated heterocycles. The molecule has 6 nitrogen and oxygen atoms in total. The maximum atomic E-state index is 4.97. The summed E-state index contributed by atoms with van der Waals surface area (Å²) in [6, 6.07) is 49.0. The Morgan fingerprint density at radius 1 is 0.250 bits per heavy atom. The summed E-state index contributed by atoms with van der Waals surface area (Å²) in [6.45, 7) is 0. The highest BCUT2D eigenvalue weighted by Gasteiger charge is 2.15. The number of pyridine rings is 6. The maximum absolute atomic E-state index is 4.97. The molecule has 6 aromatic heterocycles. The molecule has 8 rings (SSSR count). The molecule has 0 unspecified atom stereocenters. The summed E-state index contributed by atoms with van der Waals surface area (Å²) in [5.41, 5.74) is 12.9. The predicted octanol–water partition coefficient (Wildman–Crippen LogP) is 9.73. The Kier molecular flexibility index (Phi) is 7.79. The summed E-state index contributed by atoms with van der Waals surface area (Å²) in [7, 11) is 0. The molecular weight excluding hydrogens is 589 g/mol. The second kappa shape index (κ2) is 13.0. The average molecular weight is 617 g/mol. The molecular formula is C42H28N6. The Labute approximate surface area is 278 Å². The van der Waals surface area contributed by atoms with Crippen LogP contribution >= 0.6 is 0 Å². The van der Waals surface area contributed by atoms with Crippen molar-refractivity contribution in [2.24, 2.45) is 0 Å². The smallest absolute Gasteiger partial charge is 0.0900 e. The Hall–Kier alpha value is -6.66. The minimum absolute atomic E-state index is 0.795. The molecule has 0 radical (unpaired) electrons. The Bertz CT molecular complexity index is 2190. The third kappa shape index (κ3) is 5.98. The standard InChI is InChI=1S/C42H28N6/c1-2-12-34(32-27-41(37-15-5-9-23-45-37)48-42(28-32)38-16-6-10-24-46-38)33(11-1)30-19-17-29(18-20-30)31-25-39(35-13-3-7-21-43-35)47-40(26-31)36-14-4-8-22-44-36/h1-28H. The lowest BCUT2D eigenvalue weighted by molar-refractivity contribution is 1.22. The number of benzene rings is 2. The third-order valence-electron chi connectivity index (χ3n) is 8.13. The molecule has 0 saturated carbocycles. The van der Waals surface area contributed by atoms with Gasteiger partial charge in [-0.15, -0.1) is 0 Å². The lowest BCUT2D eigenvalue weighted by Gasteiger charge is -2.14. The summed E-state index contributed by atoms with van der Waals surface area (Å²) in [5.74, 6) is 0. The number of hydrogen-bond donors (Lipinski definition) is 0. The fourth-order valence-corrected chi connectivity index (χ4v) is 5.79. The van der Waals surface area contributed by atoms with Crippen molar-refractivity contribution < 1.29 is 0 Å². The summed E-state index contributed by atoms with van der Waals surface area (Å²) in [4.78, 5) is 28.2. The van der Waals surface area contributed by atoms with E-state index in [4.69, 9.17) is 9.97 Å². The SMILES string of the molecule is c1ccc(-c2cc(-c3ccc(-c4ccccc4-c4cc(-c5ccccn5)nc(-c5ccccn5)c4)cc3)cc(-c3ccccn3)n2)nc1. The first-order chi connectivity index (χ1) is 23.8. The lowest BCUT2D eigenvalue weighted by Crippen LogP contribution is -1.95. The summed E-state index contributed by atoms with van der Waals surface area (Å²) in [6.07, 6.45) is 7.16. The topological polar surface area (TPSA) is 77.3 Å². The zero-order chi connectivity index (χ0) is 32.1. The van der Waals surface area contributed by atoms with Crippen LogP contribution in [0.1, 0.15) is 0 Å². The van der Waals surface area contributed by atoms with Crippen LogP contribution in [-0.4, -0.2) is 29.9 Å². The van der Waals surface area contributed by atoms with Crippen molar-refractivity contribution in [1.29, 1.82) is 0 Å². The van der Waals surface area contributed by atoms with Gasteiger partial charge in [0.1, 0.15) is 0 Å². The molecule has 0 N–H and O–H groups in total. The molecule has 0 aliphatic rings. The Balaban J connectivity index is 1.21. The zero-order valence-electron chi connectivity index (χ0n) is 25.8. The highest BCUT2D eigenvalue weighted by Crippen LogP contribution is 2.37. The van der Waals surface area contributed by atoms with Gasteiger partial charge in [-0.3, -0.25) is 19.9 Å². The second-order valence-electron chi connectivity index (χ2n) is 11.2. The summed E-state index contributed by atoms with van der Waals surface area (Å²) >= 11 is 0. The number of hydrogen-bond acceptors (Lipinski definition) is 6. The van der Waals surface area contributed by atoms with Gasteiger partial charge in [0, 0.05) is 24.8 Å². The van der Waals surface area contributed by atoms with Crippen molar-refractivity contribution in [3.05, 3.63) is 170 Å². The van der Waals surface area contributed by atoms with Gasteiger partial charge in [0.2, 0.25) is 0 Å². The quantitative estimate of drug-likeness (QED) is 0.177. The molecule has 6 heteroatoms. The second-order valence-corrected chi connectivity index (χ2v) is 11.2. The van der Waals surface area contributed by atoms with Gasteiger partial charge < -0.3 is 0 Å².